The Morgan fingerprint density at radius 1 is 1.40 bits per heavy atom. The van der Waals surface area contributed by atoms with Crippen molar-refractivity contribution in [3.05, 3.63) is 0 Å². The molecule has 0 aliphatic carbocycles. The zero-order chi connectivity index (χ0) is 11.3. The zero-order valence-electron chi connectivity index (χ0n) is 9.70. The number of sulfone groups is 1. The van der Waals surface area contributed by atoms with Crippen LogP contribution in [0, 0.1) is 0 Å². The Labute approximate surface area is 93.0 Å². The molecule has 0 aromatic rings. The van der Waals surface area contributed by atoms with Gasteiger partial charge in [-0.1, -0.05) is 6.92 Å². The SMILES string of the molecule is CCS(=O)(=O)CCN1CCNCCC1C. The average molecular weight is 234 g/mol. The van der Waals surface area contributed by atoms with E-state index in [1.807, 2.05) is 0 Å². The molecule has 1 rings (SSSR count). The van der Waals surface area contributed by atoms with Crippen LogP contribution >= 0.6 is 0 Å². The van der Waals surface area contributed by atoms with Gasteiger partial charge in [0.05, 0.1) is 5.75 Å². The normalized spacial score (nSPS) is 25.1. The summed E-state index contributed by atoms with van der Waals surface area (Å²) in [5.41, 5.74) is 0. The Morgan fingerprint density at radius 3 is 2.80 bits per heavy atom. The van der Waals surface area contributed by atoms with Crippen molar-refractivity contribution in [2.24, 2.45) is 0 Å². The molecule has 1 aliphatic heterocycles. The van der Waals surface area contributed by atoms with Crippen molar-refractivity contribution < 1.29 is 8.42 Å². The third-order valence-electron chi connectivity index (χ3n) is 3.07. The van der Waals surface area contributed by atoms with E-state index in [4.69, 9.17) is 0 Å². The van der Waals surface area contributed by atoms with Gasteiger partial charge in [-0.05, 0) is 19.9 Å². The fourth-order valence-corrected chi connectivity index (χ4v) is 2.60. The molecule has 1 aliphatic rings. The molecule has 4 nitrogen and oxygen atoms in total. The van der Waals surface area contributed by atoms with E-state index in [1.165, 1.54) is 0 Å². The van der Waals surface area contributed by atoms with Crippen LogP contribution in [-0.4, -0.2) is 57.0 Å². The van der Waals surface area contributed by atoms with Crippen molar-refractivity contribution in [1.82, 2.24) is 10.2 Å². The first kappa shape index (κ1) is 12.9. The van der Waals surface area contributed by atoms with Crippen LogP contribution in [0.5, 0.6) is 0 Å². The second-order valence-corrected chi connectivity index (χ2v) is 6.63. The molecule has 0 radical (unpaired) electrons. The van der Waals surface area contributed by atoms with Crippen LogP contribution in [0.3, 0.4) is 0 Å². The van der Waals surface area contributed by atoms with E-state index in [9.17, 15) is 8.42 Å². The van der Waals surface area contributed by atoms with Gasteiger partial charge in [-0.3, -0.25) is 4.90 Å². The van der Waals surface area contributed by atoms with E-state index in [2.05, 4.69) is 17.1 Å². The predicted molar refractivity (Wildman–Crippen MR) is 62.8 cm³/mol. The smallest absolute Gasteiger partial charge is 0.151 e. The van der Waals surface area contributed by atoms with Crippen LogP contribution in [-0.2, 0) is 9.84 Å². The molecule has 0 bridgehead atoms. The molecule has 0 aromatic carbocycles. The van der Waals surface area contributed by atoms with Crippen molar-refractivity contribution in [2.45, 2.75) is 26.3 Å². The molecule has 1 unspecified atom stereocenters. The molecular formula is C10H22N2O2S. The first-order valence-electron chi connectivity index (χ1n) is 5.70. The highest BCUT2D eigenvalue weighted by Gasteiger charge is 2.18. The zero-order valence-corrected chi connectivity index (χ0v) is 10.5. The summed E-state index contributed by atoms with van der Waals surface area (Å²) in [7, 11) is -2.82. The molecule has 5 heteroatoms. The minimum Gasteiger partial charge on any atom is -0.315 e. The molecule has 0 saturated carbocycles. The van der Waals surface area contributed by atoms with Crippen molar-refractivity contribution in [2.75, 3.05) is 37.7 Å². The summed E-state index contributed by atoms with van der Waals surface area (Å²) >= 11 is 0. The molecule has 1 heterocycles. The van der Waals surface area contributed by atoms with Crippen molar-refractivity contribution in [3.8, 4) is 0 Å². The first-order valence-corrected chi connectivity index (χ1v) is 7.52. The summed E-state index contributed by atoms with van der Waals surface area (Å²) in [6, 6.07) is 0.493. The Balaban J connectivity index is 2.42. The highest BCUT2D eigenvalue weighted by atomic mass is 32.2. The first-order chi connectivity index (χ1) is 7.05. The Morgan fingerprint density at radius 2 is 2.13 bits per heavy atom. The lowest BCUT2D eigenvalue weighted by Crippen LogP contribution is -2.38. The second-order valence-electron chi connectivity index (χ2n) is 4.16. The quantitative estimate of drug-likeness (QED) is 0.750. The van der Waals surface area contributed by atoms with Gasteiger partial charge in [0.2, 0.25) is 0 Å². The Kier molecular flexibility index (Phi) is 5.02. The van der Waals surface area contributed by atoms with Crippen molar-refractivity contribution in [3.63, 3.8) is 0 Å². The molecule has 1 atom stereocenters. The van der Waals surface area contributed by atoms with Gasteiger partial charge in [-0.15, -0.1) is 0 Å². The average Bonchev–Trinajstić information content (AvgIpc) is 2.40. The van der Waals surface area contributed by atoms with Crippen LogP contribution in [0.1, 0.15) is 20.3 Å². The molecule has 0 amide bonds. The molecule has 90 valence electrons. The van der Waals surface area contributed by atoms with Crippen LogP contribution in [0.4, 0.5) is 0 Å². The van der Waals surface area contributed by atoms with Crippen molar-refractivity contribution >= 4 is 9.84 Å². The number of rotatable bonds is 4. The summed E-state index contributed by atoms with van der Waals surface area (Å²) in [6.07, 6.45) is 1.10. The van der Waals surface area contributed by atoms with Crippen LogP contribution in [0.2, 0.25) is 0 Å². The Bertz CT molecular complexity index is 277. The maximum atomic E-state index is 11.4. The monoisotopic (exact) mass is 234 g/mol. The topological polar surface area (TPSA) is 49.4 Å². The highest BCUT2D eigenvalue weighted by molar-refractivity contribution is 7.91. The Hall–Kier alpha value is -0.130. The molecule has 1 saturated heterocycles. The van der Waals surface area contributed by atoms with E-state index in [0.29, 0.717) is 18.3 Å². The number of nitrogens with one attached hydrogen (secondary N) is 1. The molecule has 1 N–H and O–H groups in total. The van der Waals surface area contributed by atoms with E-state index in [0.717, 1.165) is 26.1 Å². The van der Waals surface area contributed by atoms with E-state index in [-0.39, 0.29) is 5.75 Å². The molecular weight excluding hydrogens is 212 g/mol. The lowest BCUT2D eigenvalue weighted by molar-refractivity contribution is 0.233. The fourth-order valence-electron chi connectivity index (χ4n) is 1.79. The van der Waals surface area contributed by atoms with E-state index >= 15 is 0 Å². The van der Waals surface area contributed by atoms with Crippen LogP contribution < -0.4 is 5.32 Å². The van der Waals surface area contributed by atoms with Gasteiger partial charge in [-0.2, -0.15) is 0 Å². The molecule has 0 spiro atoms. The third-order valence-corrected chi connectivity index (χ3v) is 4.75. The molecule has 1 fully saturated rings. The minimum absolute atomic E-state index is 0.257. The van der Waals surface area contributed by atoms with Gasteiger partial charge < -0.3 is 5.32 Å². The number of nitrogens with zero attached hydrogens (tertiary/aromatic N) is 1. The fraction of sp³-hybridized carbons (Fsp3) is 1.00. The second kappa shape index (κ2) is 5.82. The maximum absolute atomic E-state index is 11.4. The maximum Gasteiger partial charge on any atom is 0.151 e. The largest absolute Gasteiger partial charge is 0.315 e. The van der Waals surface area contributed by atoms with Gasteiger partial charge in [0, 0.05) is 31.4 Å². The van der Waals surface area contributed by atoms with E-state index < -0.39 is 9.84 Å². The highest BCUT2D eigenvalue weighted by Crippen LogP contribution is 2.06. The summed E-state index contributed by atoms with van der Waals surface area (Å²) in [5, 5.41) is 3.33. The van der Waals surface area contributed by atoms with Crippen molar-refractivity contribution in [1.29, 1.82) is 0 Å². The van der Waals surface area contributed by atoms with Crippen LogP contribution in [0.25, 0.3) is 0 Å². The van der Waals surface area contributed by atoms with Gasteiger partial charge in [0.1, 0.15) is 0 Å². The van der Waals surface area contributed by atoms with Gasteiger partial charge >= 0.3 is 0 Å². The number of hydrogen-bond acceptors (Lipinski definition) is 4. The molecule has 15 heavy (non-hydrogen) atoms. The summed E-state index contributed by atoms with van der Waals surface area (Å²) in [4.78, 5) is 2.27. The minimum atomic E-state index is -2.82. The summed E-state index contributed by atoms with van der Waals surface area (Å²) in [6.45, 7) is 7.53. The van der Waals surface area contributed by atoms with Crippen LogP contribution in [0.15, 0.2) is 0 Å². The lowest BCUT2D eigenvalue weighted by Gasteiger charge is -2.26. The van der Waals surface area contributed by atoms with Gasteiger partial charge in [0.15, 0.2) is 9.84 Å². The predicted octanol–water partition coefficient (Wildman–Crippen LogP) is 0.105. The summed E-state index contributed by atoms with van der Waals surface area (Å²) < 4.78 is 22.8. The number of hydrogen-bond donors (Lipinski definition) is 1. The lowest BCUT2D eigenvalue weighted by atomic mass is 10.2. The standard InChI is InChI=1S/C10H22N2O2S/c1-3-15(13,14)9-8-12-7-6-11-5-4-10(12)2/h10-11H,3-9H2,1-2H3. The van der Waals surface area contributed by atoms with Gasteiger partial charge in [0.25, 0.3) is 0 Å². The molecule has 0 aromatic heterocycles. The van der Waals surface area contributed by atoms with E-state index in [1.54, 1.807) is 6.92 Å². The van der Waals surface area contributed by atoms with Gasteiger partial charge in [-0.25, -0.2) is 8.42 Å². The third kappa shape index (κ3) is 4.49. The summed E-state index contributed by atoms with van der Waals surface area (Å²) in [5.74, 6) is 0.557.